The molecule has 2 fully saturated rings. The van der Waals surface area contributed by atoms with Gasteiger partial charge in [-0.15, -0.1) is 0 Å². The molecule has 0 spiro atoms. The number of hydrogen-bond acceptors (Lipinski definition) is 3. The van der Waals surface area contributed by atoms with Crippen molar-refractivity contribution in [3.05, 3.63) is 0 Å². The minimum absolute atomic E-state index is 0.0382. The van der Waals surface area contributed by atoms with Crippen molar-refractivity contribution in [1.82, 2.24) is 15.5 Å². The molecule has 0 unspecified atom stereocenters. The van der Waals surface area contributed by atoms with Crippen molar-refractivity contribution in [2.75, 3.05) is 39.3 Å². The van der Waals surface area contributed by atoms with Crippen LogP contribution in [-0.4, -0.2) is 50.1 Å². The number of piperazine rings is 1. The summed E-state index contributed by atoms with van der Waals surface area (Å²) in [5.74, 6) is 0.303. The molecule has 1 saturated heterocycles. The second kappa shape index (κ2) is 6.53. The van der Waals surface area contributed by atoms with Crippen LogP contribution in [0.2, 0.25) is 0 Å². The molecule has 2 rings (SSSR count). The second-order valence-electron chi connectivity index (χ2n) is 5.69. The summed E-state index contributed by atoms with van der Waals surface area (Å²) in [5, 5.41) is 6.51. The lowest BCUT2D eigenvalue weighted by atomic mass is 9.82. The van der Waals surface area contributed by atoms with Crippen LogP contribution in [0.3, 0.4) is 0 Å². The van der Waals surface area contributed by atoms with Gasteiger partial charge < -0.3 is 10.6 Å². The van der Waals surface area contributed by atoms with E-state index in [2.05, 4.69) is 22.5 Å². The molecular formula is C14H27N3O. The van der Waals surface area contributed by atoms with Gasteiger partial charge in [0.25, 0.3) is 0 Å². The molecule has 1 saturated carbocycles. The Hall–Kier alpha value is -0.610. The summed E-state index contributed by atoms with van der Waals surface area (Å²) in [6.07, 6.45) is 5.61. The van der Waals surface area contributed by atoms with E-state index in [0.717, 1.165) is 58.5 Å². The quantitative estimate of drug-likeness (QED) is 0.767. The maximum Gasteiger partial charge on any atom is 0.226 e. The molecule has 2 N–H and O–H groups in total. The first-order valence-electron chi connectivity index (χ1n) is 7.48. The standard InChI is InChI=1S/C14H27N3O/c1-2-14(5-3-4-6-14)13(18)16-9-12-17-10-7-15-8-11-17/h15H,2-12H2,1H3,(H,16,18). The van der Waals surface area contributed by atoms with Gasteiger partial charge in [0.05, 0.1) is 0 Å². The molecular weight excluding hydrogens is 226 g/mol. The zero-order chi connectivity index (χ0) is 12.8. The number of nitrogens with one attached hydrogen (secondary N) is 2. The first kappa shape index (κ1) is 13.8. The smallest absolute Gasteiger partial charge is 0.226 e. The fourth-order valence-corrected chi connectivity index (χ4v) is 3.24. The van der Waals surface area contributed by atoms with Gasteiger partial charge in [-0.05, 0) is 19.3 Å². The zero-order valence-electron chi connectivity index (χ0n) is 11.6. The van der Waals surface area contributed by atoms with E-state index in [9.17, 15) is 4.79 Å². The van der Waals surface area contributed by atoms with Gasteiger partial charge in [-0.25, -0.2) is 0 Å². The summed E-state index contributed by atoms with van der Waals surface area (Å²) >= 11 is 0. The third-order valence-electron chi connectivity index (χ3n) is 4.64. The van der Waals surface area contributed by atoms with Crippen LogP contribution in [-0.2, 0) is 4.79 Å². The Morgan fingerprint density at radius 1 is 1.28 bits per heavy atom. The van der Waals surface area contributed by atoms with Gasteiger partial charge in [0.1, 0.15) is 0 Å². The molecule has 0 aromatic carbocycles. The molecule has 4 heteroatoms. The van der Waals surface area contributed by atoms with Crippen LogP contribution in [0.4, 0.5) is 0 Å². The van der Waals surface area contributed by atoms with Crippen LogP contribution in [0, 0.1) is 5.41 Å². The molecule has 2 aliphatic rings. The predicted molar refractivity (Wildman–Crippen MR) is 73.5 cm³/mol. The van der Waals surface area contributed by atoms with Gasteiger partial charge in [-0.1, -0.05) is 19.8 Å². The Labute approximate surface area is 110 Å². The van der Waals surface area contributed by atoms with E-state index >= 15 is 0 Å². The van der Waals surface area contributed by atoms with Crippen LogP contribution in [0.5, 0.6) is 0 Å². The second-order valence-corrected chi connectivity index (χ2v) is 5.69. The zero-order valence-corrected chi connectivity index (χ0v) is 11.6. The molecule has 1 heterocycles. The number of rotatable bonds is 5. The van der Waals surface area contributed by atoms with Gasteiger partial charge in [0.15, 0.2) is 0 Å². The molecule has 4 nitrogen and oxygen atoms in total. The van der Waals surface area contributed by atoms with Crippen LogP contribution in [0.15, 0.2) is 0 Å². The van der Waals surface area contributed by atoms with Crippen LogP contribution >= 0.6 is 0 Å². The molecule has 0 aromatic rings. The Kier molecular flexibility index (Phi) is 5.01. The Balaban J connectivity index is 1.70. The lowest BCUT2D eigenvalue weighted by Crippen LogP contribution is -2.47. The summed E-state index contributed by atoms with van der Waals surface area (Å²) in [5.41, 5.74) is -0.0382. The lowest BCUT2D eigenvalue weighted by Gasteiger charge is -2.29. The van der Waals surface area contributed by atoms with Crippen LogP contribution < -0.4 is 10.6 Å². The van der Waals surface area contributed by atoms with E-state index in [1.54, 1.807) is 0 Å². The third kappa shape index (κ3) is 3.23. The molecule has 0 aromatic heterocycles. The van der Waals surface area contributed by atoms with Crippen molar-refractivity contribution in [3.8, 4) is 0 Å². The van der Waals surface area contributed by atoms with Gasteiger partial charge in [-0.3, -0.25) is 9.69 Å². The fraction of sp³-hybridized carbons (Fsp3) is 0.929. The number of hydrogen-bond donors (Lipinski definition) is 2. The van der Waals surface area contributed by atoms with Gasteiger partial charge in [0.2, 0.25) is 5.91 Å². The maximum atomic E-state index is 12.3. The van der Waals surface area contributed by atoms with E-state index in [1.165, 1.54) is 12.8 Å². The highest BCUT2D eigenvalue weighted by Gasteiger charge is 2.38. The monoisotopic (exact) mass is 253 g/mol. The molecule has 18 heavy (non-hydrogen) atoms. The van der Waals surface area contributed by atoms with Crippen molar-refractivity contribution >= 4 is 5.91 Å². The van der Waals surface area contributed by atoms with Crippen molar-refractivity contribution in [2.45, 2.75) is 39.0 Å². The third-order valence-corrected chi connectivity index (χ3v) is 4.64. The minimum Gasteiger partial charge on any atom is -0.354 e. The molecule has 0 atom stereocenters. The average molecular weight is 253 g/mol. The Morgan fingerprint density at radius 3 is 2.56 bits per heavy atom. The van der Waals surface area contributed by atoms with Crippen molar-refractivity contribution < 1.29 is 4.79 Å². The van der Waals surface area contributed by atoms with Crippen LogP contribution in [0.1, 0.15) is 39.0 Å². The summed E-state index contributed by atoms with van der Waals surface area (Å²) < 4.78 is 0. The highest BCUT2D eigenvalue weighted by molar-refractivity contribution is 5.82. The molecule has 1 aliphatic carbocycles. The molecule has 0 bridgehead atoms. The Morgan fingerprint density at radius 2 is 1.94 bits per heavy atom. The van der Waals surface area contributed by atoms with E-state index in [-0.39, 0.29) is 5.41 Å². The van der Waals surface area contributed by atoms with E-state index < -0.39 is 0 Å². The topological polar surface area (TPSA) is 44.4 Å². The predicted octanol–water partition coefficient (Wildman–Crippen LogP) is 0.978. The fourth-order valence-electron chi connectivity index (χ4n) is 3.24. The molecule has 0 radical (unpaired) electrons. The number of carbonyl (C=O) groups excluding carboxylic acids is 1. The summed E-state index contributed by atoms with van der Waals surface area (Å²) in [4.78, 5) is 14.7. The van der Waals surface area contributed by atoms with Crippen molar-refractivity contribution in [2.24, 2.45) is 5.41 Å². The SMILES string of the molecule is CCC1(C(=O)NCCN2CCNCC2)CCCC1. The highest BCUT2D eigenvalue weighted by Crippen LogP contribution is 2.40. The average Bonchev–Trinajstić information content (AvgIpc) is 2.90. The number of amides is 1. The van der Waals surface area contributed by atoms with Crippen molar-refractivity contribution in [3.63, 3.8) is 0 Å². The normalized spacial score (nSPS) is 24.1. The first-order valence-corrected chi connectivity index (χ1v) is 7.48. The lowest BCUT2D eigenvalue weighted by molar-refractivity contribution is -0.131. The summed E-state index contributed by atoms with van der Waals surface area (Å²) in [7, 11) is 0. The van der Waals surface area contributed by atoms with Gasteiger partial charge in [0, 0.05) is 44.7 Å². The summed E-state index contributed by atoms with van der Waals surface area (Å²) in [6.45, 7) is 8.32. The van der Waals surface area contributed by atoms with Gasteiger partial charge in [-0.2, -0.15) is 0 Å². The minimum atomic E-state index is -0.0382. The largest absolute Gasteiger partial charge is 0.354 e. The molecule has 1 amide bonds. The summed E-state index contributed by atoms with van der Waals surface area (Å²) in [6, 6.07) is 0. The Bertz CT molecular complexity index is 268. The van der Waals surface area contributed by atoms with Crippen molar-refractivity contribution in [1.29, 1.82) is 0 Å². The molecule has 104 valence electrons. The van der Waals surface area contributed by atoms with Gasteiger partial charge >= 0.3 is 0 Å². The van der Waals surface area contributed by atoms with Crippen LogP contribution in [0.25, 0.3) is 0 Å². The van der Waals surface area contributed by atoms with E-state index in [1.807, 2.05) is 0 Å². The van der Waals surface area contributed by atoms with E-state index in [0.29, 0.717) is 5.91 Å². The number of carbonyl (C=O) groups is 1. The first-order chi connectivity index (χ1) is 8.77. The van der Waals surface area contributed by atoms with E-state index in [4.69, 9.17) is 0 Å². The number of nitrogens with zero attached hydrogens (tertiary/aromatic N) is 1. The maximum absolute atomic E-state index is 12.3. The highest BCUT2D eigenvalue weighted by atomic mass is 16.2. The molecule has 1 aliphatic heterocycles.